The molecule has 0 radical (unpaired) electrons. The van der Waals surface area contributed by atoms with Gasteiger partial charge in [-0.25, -0.2) is 4.79 Å². The molecule has 3 rings (SSSR count). The van der Waals surface area contributed by atoms with Gasteiger partial charge in [-0.3, -0.25) is 4.18 Å². The van der Waals surface area contributed by atoms with Crippen LogP contribution in [0.15, 0.2) is 64.6 Å². The van der Waals surface area contributed by atoms with Gasteiger partial charge in [-0.05, 0) is 36.6 Å². The summed E-state index contributed by atoms with van der Waals surface area (Å²) >= 11 is 0. The van der Waals surface area contributed by atoms with Gasteiger partial charge in [0.25, 0.3) is 10.1 Å². The lowest BCUT2D eigenvalue weighted by Gasteiger charge is -2.35. The van der Waals surface area contributed by atoms with E-state index < -0.39 is 28.4 Å². The quantitative estimate of drug-likeness (QED) is 0.299. The maximum Gasteiger partial charge on any atom is 0.410 e. The van der Waals surface area contributed by atoms with Crippen LogP contribution in [0.4, 0.5) is 4.79 Å². The molecule has 1 amide bonds. The summed E-state index contributed by atoms with van der Waals surface area (Å²) in [6.45, 7) is 2.19. The zero-order valence-electron chi connectivity index (χ0n) is 16.4. The molecule has 2 unspecified atom stereocenters. The molecule has 1 aliphatic heterocycles. The summed E-state index contributed by atoms with van der Waals surface area (Å²) in [7, 11) is -4.03. The Morgan fingerprint density at radius 3 is 2.57 bits per heavy atom. The topological polar surface area (TPSA) is 122 Å². The van der Waals surface area contributed by atoms with Gasteiger partial charge in [-0.1, -0.05) is 53.1 Å². The molecule has 9 nitrogen and oxygen atoms in total. The predicted molar refractivity (Wildman–Crippen MR) is 109 cm³/mol. The Morgan fingerprint density at radius 2 is 1.90 bits per heavy atom. The molecule has 0 saturated carbocycles. The average Bonchev–Trinajstić information content (AvgIpc) is 2.74. The Hall–Kier alpha value is -3.07. The standard InChI is InChI=1S/C20H22N4O5S/c1-15-7-9-17(10-8-15)30(26,27)29-19-11-12-24(13-18(19)22-23-21)20(25)28-14-16-5-3-2-4-6-16/h2-10,18-19H,11-14H2,1H3. The fourth-order valence-corrected chi connectivity index (χ4v) is 4.23. The molecule has 0 bridgehead atoms. The van der Waals surface area contributed by atoms with Crippen LogP contribution >= 0.6 is 0 Å². The number of amides is 1. The summed E-state index contributed by atoms with van der Waals surface area (Å²) in [5.41, 5.74) is 10.6. The molecule has 0 spiro atoms. The smallest absolute Gasteiger partial charge is 0.410 e. The van der Waals surface area contributed by atoms with Crippen LogP contribution in [0, 0.1) is 6.92 Å². The van der Waals surface area contributed by atoms with Crippen LogP contribution in [0.1, 0.15) is 17.5 Å². The van der Waals surface area contributed by atoms with Crippen LogP contribution in [0.3, 0.4) is 0 Å². The first-order valence-corrected chi connectivity index (χ1v) is 10.8. The Morgan fingerprint density at radius 1 is 1.20 bits per heavy atom. The molecular formula is C20H22N4O5S. The molecule has 0 aliphatic carbocycles. The summed E-state index contributed by atoms with van der Waals surface area (Å²) in [5.74, 6) is 0. The zero-order valence-corrected chi connectivity index (χ0v) is 17.2. The van der Waals surface area contributed by atoms with E-state index >= 15 is 0 Å². The van der Waals surface area contributed by atoms with Gasteiger partial charge in [0.05, 0.1) is 17.0 Å². The second-order valence-corrected chi connectivity index (χ2v) is 8.52. The molecule has 1 aliphatic rings. The number of carbonyl (C=O) groups is 1. The van der Waals surface area contributed by atoms with Crippen molar-refractivity contribution >= 4 is 16.2 Å². The number of ether oxygens (including phenoxy) is 1. The van der Waals surface area contributed by atoms with Gasteiger partial charge in [0.15, 0.2) is 0 Å². The van der Waals surface area contributed by atoms with Crippen molar-refractivity contribution in [2.24, 2.45) is 5.11 Å². The number of carbonyl (C=O) groups excluding carboxylic acids is 1. The van der Waals surface area contributed by atoms with E-state index in [2.05, 4.69) is 10.0 Å². The normalized spacial score (nSPS) is 19.0. The second-order valence-electron chi connectivity index (χ2n) is 6.95. The minimum atomic E-state index is -4.03. The van der Waals surface area contributed by atoms with E-state index in [4.69, 9.17) is 14.5 Å². The van der Waals surface area contributed by atoms with Crippen molar-refractivity contribution in [1.29, 1.82) is 0 Å². The molecule has 1 saturated heterocycles. The number of benzene rings is 2. The summed E-state index contributed by atoms with van der Waals surface area (Å²) in [6.07, 6.45) is -1.24. The first-order chi connectivity index (χ1) is 14.4. The molecule has 10 heteroatoms. The lowest BCUT2D eigenvalue weighted by atomic mass is 10.0. The van der Waals surface area contributed by atoms with Crippen molar-refractivity contribution in [2.45, 2.75) is 37.0 Å². The summed E-state index contributed by atoms with van der Waals surface area (Å²) in [5, 5.41) is 3.65. The lowest BCUT2D eigenvalue weighted by molar-refractivity contribution is 0.0559. The number of hydrogen-bond donors (Lipinski definition) is 0. The monoisotopic (exact) mass is 430 g/mol. The van der Waals surface area contributed by atoms with Crippen LogP contribution < -0.4 is 0 Å². The Labute approximate surface area is 175 Å². The highest BCUT2D eigenvalue weighted by Crippen LogP contribution is 2.24. The molecule has 2 aromatic carbocycles. The molecule has 30 heavy (non-hydrogen) atoms. The molecule has 1 fully saturated rings. The van der Waals surface area contributed by atoms with Crippen LogP contribution in [-0.4, -0.2) is 44.6 Å². The van der Waals surface area contributed by atoms with Crippen LogP contribution in [0.5, 0.6) is 0 Å². The highest BCUT2D eigenvalue weighted by atomic mass is 32.2. The van der Waals surface area contributed by atoms with Crippen molar-refractivity contribution < 1.29 is 22.1 Å². The van der Waals surface area contributed by atoms with Crippen molar-refractivity contribution in [3.05, 3.63) is 76.2 Å². The number of azide groups is 1. The Kier molecular flexibility index (Phi) is 6.94. The number of likely N-dealkylation sites (tertiary alicyclic amines) is 1. The molecule has 0 aromatic heterocycles. The predicted octanol–water partition coefficient (Wildman–Crippen LogP) is 3.79. The van der Waals surface area contributed by atoms with Crippen molar-refractivity contribution in [3.8, 4) is 0 Å². The summed E-state index contributed by atoms with van der Waals surface area (Å²) < 4.78 is 35.8. The first kappa shape index (κ1) is 21.6. The fraction of sp³-hybridized carbons (Fsp3) is 0.350. The van der Waals surface area contributed by atoms with Gasteiger partial charge < -0.3 is 9.64 Å². The molecular weight excluding hydrogens is 408 g/mol. The van der Waals surface area contributed by atoms with Gasteiger partial charge in [0.1, 0.15) is 6.61 Å². The fourth-order valence-electron chi connectivity index (χ4n) is 3.10. The molecule has 158 valence electrons. The second kappa shape index (κ2) is 9.62. The van der Waals surface area contributed by atoms with Gasteiger partial charge in [-0.15, -0.1) is 0 Å². The van der Waals surface area contributed by atoms with Gasteiger partial charge in [0, 0.05) is 18.0 Å². The van der Waals surface area contributed by atoms with Gasteiger partial charge in [0.2, 0.25) is 0 Å². The van der Waals surface area contributed by atoms with E-state index in [0.717, 1.165) is 11.1 Å². The molecule has 2 atom stereocenters. The third-order valence-corrected chi connectivity index (χ3v) is 6.09. The van der Waals surface area contributed by atoms with E-state index in [1.54, 1.807) is 12.1 Å². The van der Waals surface area contributed by atoms with Crippen molar-refractivity contribution in [1.82, 2.24) is 4.90 Å². The van der Waals surface area contributed by atoms with Crippen LogP contribution in [-0.2, 0) is 25.6 Å². The van der Waals surface area contributed by atoms with E-state index in [-0.39, 0.29) is 31.0 Å². The Bertz CT molecular complexity index is 1020. The molecule has 0 N–H and O–H groups in total. The first-order valence-electron chi connectivity index (χ1n) is 9.39. The highest BCUT2D eigenvalue weighted by molar-refractivity contribution is 7.86. The Balaban J connectivity index is 1.64. The van der Waals surface area contributed by atoms with Crippen LogP contribution in [0.2, 0.25) is 0 Å². The van der Waals surface area contributed by atoms with E-state index in [1.807, 2.05) is 37.3 Å². The number of piperidine rings is 1. The zero-order chi connectivity index (χ0) is 21.6. The third kappa shape index (κ3) is 5.50. The summed E-state index contributed by atoms with van der Waals surface area (Å²) in [6, 6.07) is 14.7. The lowest BCUT2D eigenvalue weighted by Crippen LogP contribution is -2.49. The minimum Gasteiger partial charge on any atom is -0.445 e. The summed E-state index contributed by atoms with van der Waals surface area (Å²) in [4.78, 5) is 16.6. The van der Waals surface area contributed by atoms with E-state index in [0.29, 0.717) is 0 Å². The van der Waals surface area contributed by atoms with Gasteiger partial charge >= 0.3 is 6.09 Å². The van der Waals surface area contributed by atoms with Gasteiger partial charge in [-0.2, -0.15) is 8.42 Å². The maximum absolute atomic E-state index is 12.6. The molecule has 2 aromatic rings. The maximum atomic E-state index is 12.6. The van der Waals surface area contributed by atoms with Crippen molar-refractivity contribution in [3.63, 3.8) is 0 Å². The number of nitrogens with zero attached hydrogens (tertiary/aromatic N) is 4. The number of aryl methyl sites for hydroxylation is 1. The third-order valence-electron chi connectivity index (χ3n) is 4.74. The van der Waals surface area contributed by atoms with Crippen molar-refractivity contribution in [2.75, 3.05) is 13.1 Å². The van der Waals surface area contributed by atoms with Crippen LogP contribution in [0.25, 0.3) is 10.4 Å². The minimum absolute atomic E-state index is 0.00572. The molecule has 1 heterocycles. The SMILES string of the molecule is Cc1ccc(S(=O)(=O)OC2CCN(C(=O)OCc3ccccc3)CC2N=[N+]=[N-])cc1. The average molecular weight is 430 g/mol. The van der Waals surface area contributed by atoms with E-state index in [9.17, 15) is 13.2 Å². The largest absolute Gasteiger partial charge is 0.445 e. The van der Waals surface area contributed by atoms with E-state index in [1.165, 1.54) is 17.0 Å². The number of hydrogen-bond acceptors (Lipinski definition) is 6. The number of rotatable bonds is 6. The highest BCUT2D eigenvalue weighted by Gasteiger charge is 2.35.